The van der Waals surface area contributed by atoms with E-state index in [0.717, 1.165) is 17.5 Å². The molecule has 0 aromatic heterocycles. The van der Waals surface area contributed by atoms with Crippen molar-refractivity contribution >= 4 is 37.5 Å². The number of ether oxygens (including phenoxy) is 1. The van der Waals surface area contributed by atoms with E-state index in [1.165, 1.54) is 4.90 Å². The number of primary amides is 1. The van der Waals surface area contributed by atoms with Crippen LogP contribution in [0.25, 0.3) is 0 Å². The summed E-state index contributed by atoms with van der Waals surface area (Å²) in [4.78, 5) is 30.0. The highest BCUT2D eigenvalue weighted by Crippen LogP contribution is 2.67. The first kappa shape index (κ1) is 34.5. The van der Waals surface area contributed by atoms with Gasteiger partial charge in [0.2, 0.25) is 15.9 Å². The molecule has 2 amide bonds. The lowest BCUT2D eigenvalue weighted by Crippen LogP contribution is -2.56. The maximum absolute atomic E-state index is 14.0. The lowest BCUT2D eigenvalue weighted by molar-refractivity contribution is -0.124. The number of anilines is 1. The van der Waals surface area contributed by atoms with Crippen molar-refractivity contribution in [1.82, 2.24) is 9.21 Å². The number of benzene rings is 1. The van der Waals surface area contributed by atoms with Gasteiger partial charge in [0.05, 0.1) is 18.1 Å². The predicted octanol–water partition coefficient (Wildman–Crippen LogP) is 3.02. The van der Waals surface area contributed by atoms with E-state index in [9.17, 15) is 26.4 Å². The van der Waals surface area contributed by atoms with Crippen molar-refractivity contribution in [1.29, 1.82) is 0 Å². The highest BCUT2D eigenvalue weighted by atomic mass is 32.2. The van der Waals surface area contributed by atoms with Crippen LogP contribution in [0.1, 0.15) is 58.9 Å². The molecule has 3 unspecified atom stereocenters. The normalized spacial score (nSPS) is 26.1. The third-order valence-corrected chi connectivity index (χ3v) is 13.4. The zero-order valence-electron chi connectivity index (χ0n) is 27.0. The fourth-order valence-corrected chi connectivity index (χ4v) is 10.7. The van der Waals surface area contributed by atoms with Crippen molar-refractivity contribution in [2.24, 2.45) is 28.4 Å². The van der Waals surface area contributed by atoms with E-state index in [1.54, 1.807) is 4.31 Å². The van der Waals surface area contributed by atoms with Crippen molar-refractivity contribution in [3.8, 4) is 0 Å². The van der Waals surface area contributed by atoms with E-state index >= 15 is 0 Å². The third-order valence-electron chi connectivity index (χ3n) is 10.4. The van der Waals surface area contributed by atoms with Gasteiger partial charge >= 0.3 is 6.09 Å². The Bertz CT molecular complexity index is 1440. The summed E-state index contributed by atoms with van der Waals surface area (Å²) in [5.74, 6) is -1.23. The number of fused-ring (bicyclic) bond motifs is 2. The molecule has 2 saturated carbocycles. The summed E-state index contributed by atoms with van der Waals surface area (Å²) in [6, 6.07) is 6.40. The number of hydrogen-bond donors (Lipinski definition) is 1. The zero-order valence-corrected chi connectivity index (χ0v) is 28.6. The Hall–Kier alpha value is -2.38. The number of amides is 2. The Labute approximate surface area is 263 Å². The van der Waals surface area contributed by atoms with Crippen molar-refractivity contribution in [3.63, 3.8) is 0 Å². The minimum absolute atomic E-state index is 0.0445. The van der Waals surface area contributed by atoms with Gasteiger partial charge in [-0.05, 0) is 66.9 Å². The number of sulfone groups is 1. The van der Waals surface area contributed by atoms with Crippen LogP contribution in [0.15, 0.2) is 24.3 Å². The first-order valence-electron chi connectivity index (χ1n) is 15.6. The van der Waals surface area contributed by atoms with Crippen molar-refractivity contribution in [2.45, 2.75) is 72.4 Å². The summed E-state index contributed by atoms with van der Waals surface area (Å²) in [5, 5.41) is 0. The van der Waals surface area contributed by atoms with Crippen LogP contribution in [0.3, 0.4) is 0 Å². The topological polar surface area (TPSA) is 147 Å². The molecule has 4 rings (SSSR count). The zero-order chi connectivity index (χ0) is 32.7. The van der Waals surface area contributed by atoms with E-state index in [-0.39, 0.29) is 36.4 Å². The lowest BCUT2D eigenvalue weighted by atomic mass is 9.71. The molecule has 1 aliphatic heterocycles. The molecule has 1 saturated heterocycles. The molecule has 1 aromatic carbocycles. The predicted molar refractivity (Wildman–Crippen MR) is 171 cm³/mol. The first-order chi connectivity index (χ1) is 20.4. The van der Waals surface area contributed by atoms with Crippen molar-refractivity contribution < 1.29 is 31.2 Å². The van der Waals surface area contributed by atoms with Crippen LogP contribution in [0.5, 0.6) is 0 Å². The molecule has 0 radical (unpaired) electrons. The smallest absolute Gasteiger partial charge is 0.410 e. The van der Waals surface area contributed by atoms with Gasteiger partial charge in [0.15, 0.2) is 0 Å². The van der Waals surface area contributed by atoms with Crippen LogP contribution in [0, 0.1) is 29.6 Å². The number of hydrogen-bond acceptors (Lipinski definition) is 8. The maximum Gasteiger partial charge on any atom is 0.410 e. The van der Waals surface area contributed by atoms with E-state index in [2.05, 4.69) is 37.8 Å². The molecule has 2 aliphatic carbocycles. The average Bonchev–Trinajstić information content (AvgIpc) is 3.28. The van der Waals surface area contributed by atoms with E-state index in [1.807, 2.05) is 26.0 Å². The number of rotatable bonds is 12. The number of piperazine rings is 1. The molecule has 2 bridgehead atoms. The quantitative estimate of drug-likeness (QED) is 0.362. The summed E-state index contributed by atoms with van der Waals surface area (Å²) in [6.45, 7) is 12.1. The van der Waals surface area contributed by atoms with Crippen LogP contribution in [0.2, 0.25) is 0 Å². The van der Waals surface area contributed by atoms with Gasteiger partial charge in [0.25, 0.3) is 0 Å². The molecule has 3 fully saturated rings. The van der Waals surface area contributed by atoms with Crippen LogP contribution in [0.4, 0.5) is 10.5 Å². The number of para-hydroxylation sites is 1. The number of carbonyl (C=O) groups is 2. The molecule has 13 heteroatoms. The van der Waals surface area contributed by atoms with Crippen molar-refractivity contribution in [3.05, 3.63) is 29.8 Å². The molecular formula is C31H50N4O7S2. The number of sulfonamides is 1. The molecule has 3 aliphatic rings. The summed E-state index contributed by atoms with van der Waals surface area (Å²) in [6.07, 6.45) is 1.95. The van der Waals surface area contributed by atoms with Gasteiger partial charge in [0.1, 0.15) is 15.9 Å². The summed E-state index contributed by atoms with van der Waals surface area (Å²) in [5.41, 5.74) is 6.97. The monoisotopic (exact) mass is 654 g/mol. The van der Waals surface area contributed by atoms with E-state index in [4.69, 9.17) is 10.5 Å². The van der Waals surface area contributed by atoms with Gasteiger partial charge in [-0.25, -0.2) is 21.6 Å². The molecule has 1 heterocycles. The molecule has 44 heavy (non-hydrogen) atoms. The van der Waals surface area contributed by atoms with Gasteiger partial charge in [0, 0.05) is 44.2 Å². The Morgan fingerprint density at radius 1 is 1.09 bits per heavy atom. The Morgan fingerprint density at radius 3 is 2.30 bits per heavy atom. The first-order valence-corrected chi connectivity index (χ1v) is 19.3. The molecular weight excluding hydrogens is 604 g/mol. The highest BCUT2D eigenvalue weighted by molar-refractivity contribution is 7.90. The minimum atomic E-state index is -3.65. The maximum atomic E-state index is 14.0. The molecule has 11 nitrogen and oxygen atoms in total. The number of aryl methyl sites for hydroxylation is 1. The average molecular weight is 655 g/mol. The second-order valence-electron chi connectivity index (χ2n) is 14.1. The van der Waals surface area contributed by atoms with Gasteiger partial charge < -0.3 is 15.4 Å². The fraction of sp³-hybridized carbons (Fsp3) is 0.742. The highest BCUT2D eigenvalue weighted by Gasteiger charge is 2.66. The van der Waals surface area contributed by atoms with Gasteiger partial charge in [-0.2, -0.15) is 4.31 Å². The fourth-order valence-electron chi connectivity index (χ4n) is 7.81. The van der Waals surface area contributed by atoms with Crippen LogP contribution < -0.4 is 10.6 Å². The second kappa shape index (κ2) is 12.8. The Balaban J connectivity index is 1.58. The SMILES string of the molecule is Cc1ccccc1N1CCN(S(=O)(=O)CC23CCC(C(N(C(=O)OCC(C)C)[C@@H](CCS(C)(=O)=O)C(N)=O)C2)C3(C)C)CC1. The summed E-state index contributed by atoms with van der Waals surface area (Å²) >= 11 is 0. The third kappa shape index (κ3) is 7.04. The molecule has 1 aromatic rings. The van der Waals surface area contributed by atoms with E-state index < -0.39 is 54.8 Å². The van der Waals surface area contributed by atoms with Gasteiger partial charge in [-0.15, -0.1) is 0 Å². The molecule has 2 N–H and O–H groups in total. The van der Waals surface area contributed by atoms with E-state index in [0.29, 0.717) is 45.4 Å². The largest absolute Gasteiger partial charge is 0.449 e. The van der Waals surface area contributed by atoms with Crippen molar-refractivity contribution in [2.75, 3.05) is 55.4 Å². The minimum Gasteiger partial charge on any atom is -0.449 e. The number of carbonyl (C=O) groups excluding carboxylic acids is 2. The number of nitrogens with zero attached hydrogens (tertiary/aromatic N) is 3. The van der Waals surface area contributed by atoms with Crippen LogP contribution in [-0.2, 0) is 29.4 Å². The molecule has 0 spiro atoms. The lowest BCUT2D eigenvalue weighted by Gasteiger charge is -2.41. The molecule has 4 atom stereocenters. The summed E-state index contributed by atoms with van der Waals surface area (Å²) in [7, 11) is -7.10. The summed E-state index contributed by atoms with van der Waals surface area (Å²) < 4.78 is 59.3. The van der Waals surface area contributed by atoms with Crippen LogP contribution in [-0.4, -0.2) is 101 Å². The second-order valence-corrected chi connectivity index (χ2v) is 18.3. The Morgan fingerprint density at radius 2 is 1.73 bits per heavy atom. The standard InChI is InChI=1S/C31H50N4O7S2/c1-22(2)20-42-29(37)35(26(28(32)36)12-18-43(6,38)39)27-19-31(13-11-24(27)30(31,4)5)21-44(40,41)34-16-14-33(15-17-34)25-10-8-7-9-23(25)3/h7-10,22,24,26-27H,11-21H2,1-6H3,(H2,32,36)/t24?,26-,27?,31?/m0/s1. The number of nitrogens with two attached hydrogens (primary N) is 1. The van der Waals surface area contributed by atoms with Gasteiger partial charge in [-0.1, -0.05) is 45.9 Å². The molecule has 248 valence electrons. The Kier molecular flexibility index (Phi) is 10.0. The van der Waals surface area contributed by atoms with Crippen LogP contribution >= 0.6 is 0 Å². The van der Waals surface area contributed by atoms with Gasteiger partial charge in [-0.3, -0.25) is 9.69 Å².